The average molecular weight is 983 g/mol. The van der Waals surface area contributed by atoms with Crippen LogP contribution >= 0.6 is 0 Å². The Hall–Kier alpha value is -1.39. The maximum Gasteiger partial charge on any atom is 0.220 e. The molecule has 0 spiro atoms. The molecule has 4 nitrogen and oxygen atoms in total. The smallest absolute Gasteiger partial charge is 0.220 e. The molecule has 0 aromatic rings. The van der Waals surface area contributed by atoms with Crippen molar-refractivity contribution in [2.24, 2.45) is 0 Å². The highest BCUT2D eigenvalue weighted by Gasteiger charge is 2.18. The van der Waals surface area contributed by atoms with Gasteiger partial charge in [-0.3, -0.25) is 4.79 Å². The van der Waals surface area contributed by atoms with Gasteiger partial charge in [-0.25, -0.2) is 0 Å². The molecule has 0 fully saturated rings. The lowest BCUT2D eigenvalue weighted by Crippen LogP contribution is -2.45. The van der Waals surface area contributed by atoms with Crippen molar-refractivity contribution in [3.05, 3.63) is 36.5 Å². The number of hydrogen-bond acceptors (Lipinski definition) is 3. The summed E-state index contributed by atoms with van der Waals surface area (Å²) in [5.74, 6) is -0.0711. The Morgan fingerprint density at radius 1 is 0.329 bits per heavy atom. The first-order valence-electron chi connectivity index (χ1n) is 32.2. The van der Waals surface area contributed by atoms with Gasteiger partial charge in [0, 0.05) is 6.42 Å². The predicted octanol–water partition coefficient (Wildman–Crippen LogP) is 21.6. The highest BCUT2D eigenvalue weighted by molar-refractivity contribution is 5.76. The number of unbranched alkanes of at least 4 members (excludes halogenated alkanes) is 49. The molecule has 0 aromatic heterocycles. The minimum Gasteiger partial charge on any atom is -0.394 e. The molecule has 2 unspecified atom stereocenters. The third-order valence-corrected chi connectivity index (χ3v) is 15.1. The summed E-state index contributed by atoms with van der Waals surface area (Å²) in [5.41, 5.74) is 0. The lowest BCUT2D eigenvalue weighted by molar-refractivity contribution is -0.123. The molecule has 0 aliphatic heterocycles. The van der Waals surface area contributed by atoms with Crippen molar-refractivity contribution in [2.75, 3.05) is 6.61 Å². The zero-order chi connectivity index (χ0) is 50.6. The van der Waals surface area contributed by atoms with Gasteiger partial charge in [0.05, 0.1) is 18.8 Å². The van der Waals surface area contributed by atoms with E-state index >= 15 is 0 Å². The van der Waals surface area contributed by atoms with Crippen LogP contribution in [0.15, 0.2) is 36.5 Å². The summed E-state index contributed by atoms with van der Waals surface area (Å²) in [6.45, 7) is 4.33. The van der Waals surface area contributed by atoms with Crippen LogP contribution in [0.5, 0.6) is 0 Å². The normalized spacial score (nSPS) is 12.9. The highest BCUT2D eigenvalue weighted by Crippen LogP contribution is 2.18. The fourth-order valence-electron chi connectivity index (χ4n) is 10.2. The minimum atomic E-state index is -0.869. The van der Waals surface area contributed by atoms with Crippen molar-refractivity contribution in [1.82, 2.24) is 5.32 Å². The van der Waals surface area contributed by atoms with Gasteiger partial charge in [-0.2, -0.15) is 0 Å². The summed E-state index contributed by atoms with van der Waals surface area (Å²) in [6.07, 6.45) is 85.1. The Kier molecular flexibility index (Phi) is 60.7. The van der Waals surface area contributed by atoms with Crippen LogP contribution in [0.4, 0.5) is 0 Å². The second kappa shape index (κ2) is 61.9. The Balaban J connectivity index is 3.40. The van der Waals surface area contributed by atoms with Crippen LogP contribution in [-0.2, 0) is 4.79 Å². The maximum absolute atomic E-state index is 12.5. The van der Waals surface area contributed by atoms with Crippen molar-refractivity contribution in [1.29, 1.82) is 0 Å². The molecule has 3 N–H and O–H groups in total. The number of hydrogen-bond donors (Lipinski definition) is 3. The van der Waals surface area contributed by atoms with Gasteiger partial charge in [-0.1, -0.05) is 346 Å². The van der Waals surface area contributed by atoms with Gasteiger partial charge in [0.25, 0.3) is 0 Å². The summed E-state index contributed by atoms with van der Waals surface area (Å²) in [6, 6.07) is -0.644. The molecular weight excluding hydrogens is 855 g/mol. The lowest BCUT2D eigenvalue weighted by atomic mass is 10.0. The Morgan fingerprint density at radius 3 is 0.829 bits per heavy atom. The van der Waals surface area contributed by atoms with Crippen LogP contribution in [0.2, 0.25) is 0 Å². The molecule has 70 heavy (non-hydrogen) atoms. The topological polar surface area (TPSA) is 69.6 Å². The van der Waals surface area contributed by atoms with E-state index in [4.69, 9.17) is 0 Å². The SMILES string of the molecule is CCCCCCCCCCC/C=C/CC/C=C/CC/C=C/C(O)C(CO)NC(=O)CCCCCCCCCCCCCCCCCCCCCCCCCCCCCCCCCCCCCCCCC. The molecule has 0 saturated heterocycles. The van der Waals surface area contributed by atoms with Crippen molar-refractivity contribution >= 4 is 5.91 Å². The highest BCUT2D eigenvalue weighted by atomic mass is 16.3. The van der Waals surface area contributed by atoms with Crippen LogP contribution < -0.4 is 5.32 Å². The second-order valence-corrected chi connectivity index (χ2v) is 22.2. The van der Waals surface area contributed by atoms with E-state index in [1.807, 2.05) is 6.08 Å². The fraction of sp³-hybridized carbons (Fsp3) is 0.894. The first kappa shape index (κ1) is 68.6. The van der Waals surface area contributed by atoms with Crippen molar-refractivity contribution < 1.29 is 15.0 Å². The maximum atomic E-state index is 12.5. The Labute approximate surface area is 440 Å². The molecule has 4 heteroatoms. The molecular formula is C66H127NO3. The number of carbonyl (C=O) groups is 1. The van der Waals surface area contributed by atoms with Crippen LogP contribution in [-0.4, -0.2) is 34.9 Å². The number of carbonyl (C=O) groups excluding carboxylic acids is 1. The summed E-state index contributed by atoms with van der Waals surface area (Å²) < 4.78 is 0. The largest absolute Gasteiger partial charge is 0.394 e. The van der Waals surface area contributed by atoms with Gasteiger partial charge in [0.15, 0.2) is 0 Å². The number of aliphatic hydroxyl groups excluding tert-OH is 2. The summed E-state index contributed by atoms with van der Waals surface area (Å²) >= 11 is 0. The second-order valence-electron chi connectivity index (χ2n) is 22.2. The number of aliphatic hydroxyl groups is 2. The summed E-state index contributed by atoms with van der Waals surface area (Å²) in [4.78, 5) is 12.5. The lowest BCUT2D eigenvalue weighted by Gasteiger charge is -2.19. The zero-order valence-corrected chi connectivity index (χ0v) is 47.8. The molecule has 0 heterocycles. The summed E-state index contributed by atoms with van der Waals surface area (Å²) in [7, 11) is 0. The molecule has 0 radical (unpaired) electrons. The zero-order valence-electron chi connectivity index (χ0n) is 47.8. The van der Waals surface area contributed by atoms with E-state index in [2.05, 4.69) is 43.5 Å². The first-order chi connectivity index (χ1) is 34.7. The Morgan fingerprint density at radius 2 is 0.557 bits per heavy atom. The molecule has 0 saturated carbocycles. The van der Waals surface area contributed by atoms with E-state index in [0.717, 1.165) is 38.5 Å². The van der Waals surface area contributed by atoms with Crippen molar-refractivity contribution in [3.63, 3.8) is 0 Å². The summed E-state index contributed by atoms with van der Waals surface area (Å²) in [5, 5.41) is 23.2. The van der Waals surface area contributed by atoms with Gasteiger partial charge >= 0.3 is 0 Å². The third kappa shape index (κ3) is 57.5. The van der Waals surface area contributed by atoms with Crippen LogP contribution in [0.25, 0.3) is 0 Å². The van der Waals surface area contributed by atoms with E-state index in [1.165, 1.54) is 302 Å². The van der Waals surface area contributed by atoms with Gasteiger partial charge in [0.1, 0.15) is 0 Å². The molecule has 414 valence electrons. The predicted molar refractivity (Wildman–Crippen MR) is 313 cm³/mol. The van der Waals surface area contributed by atoms with E-state index in [1.54, 1.807) is 6.08 Å². The van der Waals surface area contributed by atoms with Gasteiger partial charge in [0.2, 0.25) is 5.91 Å². The molecule has 2 atom stereocenters. The standard InChI is InChI=1S/C66H127NO3/c1-3-5-7-9-11-13-15-17-19-21-23-24-25-26-27-28-29-30-31-32-33-34-35-36-37-38-39-40-41-42-44-46-48-50-52-54-56-58-60-62-66(70)67-64(63-68)65(69)61-59-57-55-53-51-49-47-45-43-22-20-18-16-14-12-10-8-6-4-2/h43,45,51,53,59,61,64-65,68-69H,3-42,44,46-50,52,54-58,60,62-63H2,1-2H3,(H,67,70)/b45-43+,53-51+,61-59+. The number of allylic oxidation sites excluding steroid dienone is 5. The van der Waals surface area contributed by atoms with Crippen molar-refractivity contribution in [3.8, 4) is 0 Å². The van der Waals surface area contributed by atoms with E-state index in [0.29, 0.717) is 6.42 Å². The Bertz CT molecular complexity index is 1070. The number of amides is 1. The molecule has 0 aliphatic rings. The first-order valence-corrected chi connectivity index (χ1v) is 32.2. The molecule has 0 bridgehead atoms. The van der Waals surface area contributed by atoms with Crippen LogP contribution in [0.1, 0.15) is 361 Å². The van der Waals surface area contributed by atoms with Crippen LogP contribution in [0, 0.1) is 0 Å². The average Bonchev–Trinajstić information content (AvgIpc) is 3.36. The molecule has 0 rings (SSSR count). The minimum absolute atomic E-state index is 0.0711. The van der Waals surface area contributed by atoms with Gasteiger partial charge < -0.3 is 15.5 Å². The van der Waals surface area contributed by atoms with Gasteiger partial charge in [-0.15, -0.1) is 0 Å². The number of rotatable bonds is 60. The van der Waals surface area contributed by atoms with E-state index in [-0.39, 0.29) is 12.5 Å². The fourth-order valence-corrected chi connectivity index (χ4v) is 10.2. The third-order valence-electron chi connectivity index (χ3n) is 15.1. The van der Waals surface area contributed by atoms with Gasteiger partial charge in [-0.05, 0) is 44.9 Å². The molecule has 1 amide bonds. The van der Waals surface area contributed by atoms with Crippen LogP contribution in [0.3, 0.4) is 0 Å². The monoisotopic (exact) mass is 982 g/mol. The van der Waals surface area contributed by atoms with E-state index in [9.17, 15) is 15.0 Å². The number of nitrogens with one attached hydrogen (secondary N) is 1. The van der Waals surface area contributed by atoms with E-state index < -0.39 is 12.1 Å². The molecule has 0 aliphatic carbocycles. The quantitative estimate of drug-likeness (QED) is 0.0420. The molecule has 0 aromatic carbocycles. The van der Waals surface area contributed by atoms with Crippen molar-refractivity contribution in [2.45, 2.75) is 373 Å².